The minimum atomic E-state index is -0.491. The smallest absolute Gasteiger partial charge is 0.232 e. The maximum atomic E-state index is 13.6. The average Bonchev–Trinajstić information content (AvgIpc) is 3.36. The molecule has 2 aromatic rings. The van der Waals surface area contributed by atoms with Crippen molar-refractivity contribution in [1.82, 2.24) is 14.9 Å². The van der Waals surface area contributed by atoms with Crippen molar-refractivity contribution in [3.63, 3.8) is 0 Å². The Morgan fingerprint density at radius 1 is 1.33 bits per heavy atom. The Labute approximate surface area is 174 Å². The van der Waals surface area contributed by atoms with Gasteiger partial charge >= 0.3 is 0 Å². The summed E-state index contributed by atoms with van der Waals surface area (Å²) in [6, 6.07) is 6.60. The number of nitriles is 1. The van der Waals surface area contributed by atoms with Crippen molar-refractivity contribution in [3.8, 4) is 6.07 Å². The van der Waals surface area contributed by atoms with Crippen LogP contribution in [0.25, 0.3) is 0 Å². The summed E-state index contributed by atoms with van der Waals surface area (Å²) in [7, 11) is 0. The monoisotopic (exact) mass is 407 g/mol. The van der Waals surface area contributed by atoms with E-state index in [1.807, 2.05) is 6.07 Å². The van der Waals surface area contributed by atoms with E-state index in [2.05, 4.69) is 9.88 Å². The SMILES string of the molecule is N#Cc1cc(CN2CC[C@]3(COCc4cnc(N5CCCC5=O)nc43)C2)ccc1F. The third-order valence-corrected chi connectivity index (χ3v) is 6.30. The van der Waals surface area contributed by atoms with Crippen molar-refractivity contribution in [2.45, 2.75) is 37.8 Å². The summed E-state index contributed by atoms with van der Waals surface area (Å²) < 4.78 is 19.5. The van der Waals surface area contributed by atoms with Crippen LogP contribution in [0.1, 0.15) is 41.6 Å². The molecule has 154 valence electrons. The van der Waals surface area contributed by atoms with Crippen LogP contribution in [0.4, 0.5) is 10.3 Å². The van der Waals surface area contributed by atoms with Gasteiger partial charge in [-0.1, -0.05) is 6.07 Å². The van der Waals surface area contributed by atoms with E-state index in [9.17, 15) is 9.18 Å². The highest BCUT2D eigenvalue weighted by Crippen LogP contribution is 2.40. The number of likely N-dealkylation sites (tertiary alicyclic amines) is 1. The number of benzene rings is 1. The zero-order valence-corrected chi connectivity index (χ0v) is 16.6. The molecule has 1 amide bonds. The second-order valence-corrected chi connectivity index (χ2v) is 8.35. The Hall–Kier alpha value is -2.89. The minimum absolute atomic E-state index is 0.0698. The number of anilines is 1. The highest BCUT2D eigenvalue weighted by atomic mass is 19.1. The van der Waals surface area contributed by atoms with Gasteiger partial charge in [0, 0.05) is 37.8 Å². The fraction of sp³-hybridized carbons (Fsp3) is 0.455. The van der Waals surface area contributed by atoms with Crippen molar-refractivity contribution in [2.75, 3.05) is 31.1 Å². The maximum absolute atomic E-state index is 13.6. The van der Waals surface area contributed by atoms with Gasteiger partial charge in [0.25, 0.3) is 0 Å². The number of carbonyl (C=O) groups excluding carboxylic acids is 1. The van der Waals surface area contributed by atoms with Crippen LogP contribution in [-0.2, 0) is 28.1 Å². The lowest BCUT2D eigenvalue weighted by atomic mass is 9.80. The van der Waals surface area contributed by atoms with Crippen molar-refractivity contribution in [2.24, 2.45) is 0 Å². The zero-order chi connectivity index (χ0) is 20.7. The van der Waals surface area contributed by atoms with E-state index < -0.39 is 5.82 Å². The van der Waals surface area contributed by atoms with Crippen molar-refractivity contribution < 1.29 is 13.9 Å². The molecule has 3 aliphatic rings. The average molecular weight is 407 g/mol. The number of hydrogen-bond acceptors (Lipinski definition) is 6. The molecule has 0 N–H and O–H groups in total. The number of amides is 1. The highest BCUT2D eigenvalue weighted by Gasteiger charge is 2.45. The summed E-state index contributed by atoms with van der Waals surface area (Å²) in [4.78, 5) is 25.4. The van der Waals surface area contributed by atoms with Crippen LogP contribution in [-0.4, -0.2) is 47.0 Å². The molecule has 0 saturated carbocycles. The van der Waals surface area contributed by atoms with E-state index in [0.29, 0.717) is 38.7 Å². The number of halogens is 1. The standard InChI is InChI=1S/C22H22FN5O2/c23-18-4-3-15(8-16(18)9-24)11-27-7-5-22(13-27)14-30-12-17-10-25-21(26-20(17)22)28-6-1-2-19(28)29/h3-4,8,10H,1-2,5-7,11-14H2/t22-/m1/s1. The topological polar surface area (TPSA) is 82.4 Å². The van der Waals surface area contributed by atoms with Gasteiger partial charge in [-0.05, 0) is 37.1 Å². The maximum Gasteiger partial charge on any atom is 0.232 e. The molecule has 1 aromatic carbocycles. The van der Waals surface area contributed by atoms with Crippen molar-refractivity contribution >= 4 is 11.9 Å². The summed E-state index contributed by atoms with van der Waals surface area (Å²) in [5, 5.41) is 9.08. The Morgan fingerprint density at radius 2 is 2.23 bits per heavy atom. The molecule has 4 heterocycles. The molecule has 0 bridgehead atoms. The molecule has 5 rings (SSSR count). The first kappa shape index (κ1) is 19.1. The van der Waals surface area contributed by atoms with Gasteiger partial charge in [0.05, 0.1) is 29.9 Å². The summed E-state index contributed by atoms with van der Waals surface area (Å²) in [5.74, 6) is 0.0799. The van der Waals surface area contributed by atoms with E-state index >= 15 is 0 Å². The number of carbonyl (C=O) groups is 1. The van der Waals surface area contributed by atoms with Crippen LogP contribution in [0.15, 0.2) is 24.4 Å². The van der Waals surface area contributed by atoms with E-state index in [1.54, 1.807) is 23.2 Å². The molecule has 0 radical (unpaired) electrons. The molecule has 1 aromatic heterocycles. The van der Waals surface area contributed by atoms with Crippen molar-refractivity contribution in [3.05, 3.63) is 52.6 Å². The summed E-state index contributed by atoms with van der Waals surface area (Å²) >= 11 is 0. The number of aromatic nitrogens is 2. The molecule has 30 heavy (non-hydrogen) atoms. The largest absolute Gasteiger partial charge is 0.376 e. The minimum Gasteiger partial charge on any atom is -0.376 e. The fourth-order valence-electron chi connectivity index (χ4n) is 4.80. The predicted octanol–water partition coefficient (Wildman–Crippen LogP) is 2.29. The number of hydrogen-bond donors (Lipinski definition) is 0. The normalized spacial score (nSPS) is 23.7. The lowest BCUT2D eigenvalue weighted by Gasteiger charge is -2.35. The molecular weight excluding hydrogens is 385 g/mol. The third-order valence-electron chi connectivity index (χ3n) is 6.30. The Balaban J connectivity index is 1.40. The molecule has 1 atom stereocenters. The molecule has 2 fully saturated rings. The molecule has 8 heteroatoms. The van der Waals surface area contributed by atoms with Crippen LogP contribution in [0.2, 0.25) is 0 Å². The first-order valence-electron chi connectivity index (χ1n) is 10.2. The van der Waals surface area contributed by atoms with Crippen LogP contribution in [0, 0.1) is 17.1 Å². The summed E-state index contributed by atoms with van der Waals surface area (Å²) in [6.45, 7) is 3.96. The summed E-state index contributed by atoms with van der Waals surface area (Å²) in [6.07, 6.45) is 4.07. The molecule has 2 saturated heterocycles. The van der Waals surface area contributed by atoms with Gasteiger partial charge in [0.2, 0.25) is 11.9 Å². The first-order chi connectivity index (χ1) is 14.6. The fourth-order valence-corrected chi connectivity index (χ4v) is 4.80. The zero-order valence-electron chi connectivity index (χ0n) is 16.6. The van der Waals surface area contributed by atoms with Gasteiger partial charge in [-0.2, -0.15) is 5.26 Å². The van der Waals surface area contributed by atoms with Crippen molar-refractivity contribution in [1.29, 1.82) is 5.26 Å². The van der Waals surface area contributed by atoms with Crippen LogP contribution >= 0.6 is 0 Å². The van der Waals surface area contributed by atoms with E-state index in [0.717, 1.165) is 42.8 Å². The van der Waals surface area contributed by atoms with Crippen LogP contribution < -0.4 is 4.90 Å². The van der Waals surface area contributed by atoms with Gasteiger partial charge in [-0.3, -0.25) is 14.6 Å². The third kappa shape index (κ3) is 3.24. The second-order valence-electron chi connectivity index (χ2n) is 8.35. The van der Waals surface area contributed by atoms with Gasteiger partial charge < -0.3 is 4.74 Å². The van der Waals surface area contributed by atoms with Gasteiger partial charge in [-0.15, -0.1) is 0 Å². The Bertz CT molecular complexity index is 1050. The molecule has 3 aliphatic heterocycles. The van der Waals surface area contributed by atoms with Crippen LogP contribution in [0.5, 0.6) is 0 Å². The number of ether oxygens (including phenoxy) is 1. The molecular formula is C22H22FN5O2. The molecule has 0 aliphatic carbocycles. The number of rotatable bonds is 3. The number of fused-ring (bicyclic) bond motifs is 2. The highest BCUT2D eigenvalue weighted by molar-refractivity contribution is 5.93. The van der Waals surface area contributed by atoms with Gasteiger partial charge in [0.15, 0.2) is 0 Å². The molecule has 1 spiro atoms. The lowest BCUT2D eigenvalue weighted by molar-refractivity contribution is -0.117. The number of nitrogens with zero attached hydrogens (tertiary/aromatic N) is 5. The second kappa shape index (κ2) is 7.42. The first-order valence-corrected chi connectivity index (χ1v) is 10.2. The quantitative estimate of drug-likeness (QED) is 0.777. The lowest BCUT2D eigenvalue weighted by Crippen LogP contribution is -2.41. The van der Waals surface area contributed by atoms with Gasteiger partial charge in [-0.25, -0.2) is 14.4 Å². The van der Waals surface area contributed by atoms with Gasteiger partial charge in [0.1, 0.15) is 11.9 Å². The molecule has 0 unspecified atom stereocenters. The summed E-state index contributed by atoms with van der Waals surface area (Å²) in [5.41, 5.74) is 2.70. The predicted molar refractivity (Wildman–Crippen MR) is 106 cm³/mol. The molecule has 7 nitrogen and oxygen atoms in total. The Kier molecular flexibility index (Phi) is 4.72. The van der Waals surface area contributed by atoms with E-state index in [4.69, 9.17) is 15.0 Å². The van der Waals surface area contributed by atoms with E-state index in [-0.39, 0.29) is 16.9 Å². The Morgan fingerprint density at radius 3 is 3.03 bits per heavy atom. The van der Waals surface area contributed by atoms with Crippen LogP contribution in [0.3, 0.4) is 0 Å². The van der Waals surface area contributed by atoms with E-state index in [1.165, 1.54) is 6.07 Å².